The number of ether oxygens (including phenoxy) is 2. The Labute approximate surface area is 221 Å². The lowest BCUT2D eigenvalue weighted by Crippen LogP contribution is -2.35. The molecular formula is C27H32F2N4O4S. The number of carbonyl (C=O) groups is 1. The number of aromatic nitrogens is 2. The largest absolute Gasteiger partial charge is 0.490 e. The smallest absolute Gasteiger partial charge is 0.266 e. The van der Waals surface area contributed by atoms with E-state index in [1.807, 2.05) is 4.90 Å². The first kappa shape index (κ1) is 26.4. The van der Waals surface area contributed by atoms with Gasteiger partial charge in [-0.3, -0.25) is 9.52 Å². The number of rotatable bonds is 7. The molecule has 2 aromatic heterocycles. The Bertz CT molecular complexity index is 1440. The van der Waals surface area contributed by atoms with Gasteiger partial charge in [-0.05, 0) is 49.5 Å². The first-order chi connectivity index (χ1) is 18.1. The molecule has 204 valence electrons. The maximum absolute atomic E-state index is 14.8. The van der Waals surface area contributed by atoms with Gasteiger partial charge in [-0.1, -0.05) is 0 Å². The molecule has 0 bridgehead atoms. The van der Waals surface area contributed by atoms with E-state index in [-0.39, 0.29) is 29.9 Å². The molecule has 11 heteroatoms. The van der Waals surface area contributed by atoms with Gasteiger partial charge in [-0.2, -0.15) is 5.10 Å². The normalized spacial score (nSPS) is 22.1. The highest BCUT2D eigenvalue weighted by Gasteiger charge is 2.34. The van der Waals surface area contributed by atoms with E-state index in [1.54, 1.807) is 38.2 Å². The number of nitrogens with zero attached hydrogens (tertiary/aromatic N) is 3. The molecular weight excluding hydrogens is 514 g/mol. The fourth-order valence-corrected chi connectivity index (χ4v) is 5.53. The predicted molar refractivity (Wildman–Crippen MR) is 144 cm³/mol. The van der Waals surface area contributed by atoms with Crippen LogP contribution >= 0.6 is 0 Å². The van der Waals surface area contributed by atoms with Gasteiger partial charge in [0, 0.05) is 49.0 Å². The summed E-state index contributed by atoms with van der Waals surface area (Å²) < 4.78 is 57.6. The average molecular weight is 547 g/mol. The summed E-state index contributed by atoms with van der Waals surface area (Å²) in [4.78, 5) is 14.8. The van der Waals surface area contributed by atoms with E-state index in [4.69, 9.17) is 9.47 Å². The minimum absolute atomic E-state index is 0.0513. The van der Waals surface area contributed by atoms with Gasteiger partial charge in [-0.25, -0.2) is 17.5 Å². The molecule has 4 heterocycles. The van der Waals surface area contributed by atoms with Crippen molar-refractivity contribution in [3.63, 3.8) is 0 Å². The van der Waals surface area contributed by atoms with Crippen LogP contribution in [0.25, 0.3) is 5.52 Å². The summed E-state index contributed by atoms with van der Waals surface area (Å²) >= 11 is 0. The van der Waals surface area contributed by atoms with Crippen molar-refractivity contribution in [1.82, 2.24) is 14.3 Å². The summed E-state index contributed by atoms with van der Waals surface area (Å²) in [6.45, 7) is 4.76. The topological polar surface area (TPSA) is 85.2 Å². The van der Waals surface area contributed by atoms with E-state index >= 15 is 0 Å². The summed E-state index contributed by atoms with van der Waals surface area (Å²) in [7, 11) is -2.84. The Hall–Kier alpha value is -3.18. The highest BCUT2D eigenvalue weighted by atomic mass is 32.2. The van der Waals surface area contributed by atoms with Crippen LogP contribution in [0, 0.1) is 5.82 Å². The van der Waals surface area contributed by atoms with Crippen LogP contribution in [0.1, 0.15) is 55.1 Å². The lowest BCUT2D eigenvalue weighted by atomic mass is 10.0. The van der Waals surface area contributed by atoms with E-state index in [2.05, 4.69) is 15.7 Å². The summed E-state index contributed by atoms with van der Waals surface area (Å²) in [5.74, 6) is 3.08. The molecule has 1 aromatic carbocycles. The number of fused-ring (bicyclic) bond motifs is 1. The predicted octanol–water partition coefficient (Wildman–Crippen LogP) is 4.09. The molecule has 38 heavy (non-hydrogen) atoms. The molecule has 1 N–H and O–H groups in total. The molecule has 2 fully saturated rings. The van der Waals surface area contributed by atoms with E-state index < -0.39 is 33.6 Å². The van der Waals surface area contributed by atoms with Gasteiger partial charge in [0.25, 0.3) is 5.91 Å². The van der Waals surface area contributed by atoms with Crippen LogP contribution in [0.4, 0.5) is 14.5 Å². The number of nitrogens with one attached hydrogen (secondary N) is 1. The Morgan fingerprint density at radius 1 is 1.26 bits per heavy atom. The number of anilines is 1. The molecule has 1 unspecified atom stereocenters. The van der Waals surface area contributed by atoms with Crippen molar-refractivity contribution in [1.29, 1.82) is 0 Å². The zero-order valence-corrected chi connectivity index (χ0v) is 22.3. The van der Waals surface area contributed by atoms with E-state index in [1.165, 1.54) is 22.8 Å². The first-order valence-corrected chi connectivity index (χ1v) is 14.5. The monoisotopic (exact) mass is 546 g/mol. The number of alkyl halides is 1. The molecule has 3 atom stereocenters. The molecule has 3 aromatic rings. The van der Waals surface area contributed by atoms with Gasteiger partial charge in [-0.15, -0.1) is 0 Å². The molecule has 2 aliphatic rings. The third-order valence-corrected chi connectivity index (χ3v) is 9.16. The summed E-state index contributed by atoms with van der Waals surface area (Å²) in [6, 6.07) is 7.64. The number of benzene rings is 1. The van der Waals surface area contributed by atoms with Crippen LogP contribution in [-0.2, 0) is 14.4 Å². The number of hydrogen-bond acceptors (Lipinski definition) is 6. The quantitative estimate of drug-likeness (QED) is 0.450. The minimum atomic E-state index is -2.84. The highest BCUT2D eigenvalue weighted by molar-refractivity contribution is 7.99. The second-order valence-electron chi connectivity index (χ2n) is 10.1. The van der Waals surface area contributed by atoms with Crippen LogP contribution in [-0.4, -0.2) is 62.9 Å². The molecule has 0 radical (unpaired) electrons. The number of halogens is 2. The van der Waals surface area contributed by atoms with E-state index in [0.29, 0.717) is 35.7 Å². The number of amides is 1. The van der Waals surface area contributed by atoms with Gasteiger partial charge >= 0.3 is 0 Å². The fourth-order valence-electron chi connectivity index (χ4n) is 4.87. The summed E-state index contributed by atoms with van der Waals surface area (Å²) in [5, 5.41) is 3.88. The zero-order valence-electron chi connectivity index (χ0n) is 21.4. The molecule has 2 saturated heterocycles. The third-order valence-electron chi connectivity index (χ3n) is 7.11. The lowest BCUT2D eigenvalue weighted by molar-refractivity contribution is 0.0254. The Kier molecular flexibility index (Phi) is 7.32. The van der Waals surface area contributed by atoms with Crippen molar-refractivity contribution in [3.05, 3.63) is 59.7 Å². The molecule has 5 rings (SSSR count). The van der Waals surface area contributed by atoms with Crippen molar-refractivity contribution < 1.29 is 27.3 Å². The van der Waals surface area contributed by atoms with E-state index in [0.717, 1.165) is 12.8 Å². The second-order valence-corrected chi connectivity index (χ2v) is 12.7. The Morgan fingerprint density at radius 3 is 2.76 bits per heavy atom. The molecule has 1 amide bonds. The van der Waals surface area contributed by atoms with Crippen molar-refractivity contribution in [2.45, 2.75) is 56.7 Å². The minimum Gasteiger partial charge on any atom is -0.490 e. The number of carbonyl (C=O) groups excluding carboxylic acids is 1. The van der Waals surface area contributed by atoms with Crippen LogP contribution in [0.3, 0.4) is 0 Å². The van der Waals surface area contributed by atoms with Crippen molar-refractivity contribution in [2.24, 2.45) is 0 Å². The van der Waals surface area contributed by atoms with Crippen LogP contribution in [0.5, 0.6) is 5.75 Å². The van der Waals surface area contributed by atoms with Crippen molar-refractivity contribution in [2.75, 3.05) is 24.7 Å². The van der Waals surface area contributed by atoms with Crippen LogP contribution in [0.15, 0.2) is 42.7 Å². The van der Waals surface area contributed by atoms with Gasteiger partial charge < -0.3 is 14.4 Å². The third kappa shape index (κ3) is 5.49. The fraction of sp³-hybridized carbons (Fsp3) is 0.444. The molecule has 0 saturated carbocycles. The Balaban J connectivity index is 1.44. The zero-order chi connectivity index (χ0) is 27.0. The van der Waals surface area contributed by atoms with Gasteiger partial charge in [0.15, 0.2) is 0 Å². The number of pyridine rings is 1. The maximum Gasteiger partial charge on any atom is 0.266 e. The number of hydrogen-bond donors (Lipinski definition) is 1. The highest BCUT2D eigenvalue weighted by Crippen LogP contribution is 2.39. The van der Waals surface area contributed by atoms with Gasteiger partial charge in [0.05, 0.1) is 46.2 Å². The average Bonchev–Trinajstić information content (AvgIpc) is 3.47. The van der Waals surface area contributed by atoms with E-state index in [9.17, 15) is 17.8 Å². The second kappa shape index (κ2) is 10.5. The molecule has 0 spiro atoms. The summed E-state index contributed by atoms with van der Waals surface area (Å²) in [5.41, 5.74) is 1.98. The Morgan fingerprint density at radius 2 is 2.03 bits per heavy atom. The standard InChI is InChI=1S/C27H32F2N4O4S/c1-17(2)38(3,35)31-27(34)24-15-30-33-7-4-21(14-26(24)33)32-16-20(29)13-25(32)18-10-19(28)12-23(11-18)37-22-5-8-36-9-6-22/h4,7,10-12,14-15,17,20,22,25H,3,5-6,8-9,13,16H2,1-2H3,(H,31,34,35)/t20-,25+,38?/m0/s1. The molecule has 8 nitrogen and oxygen atoms in total. The first-order valence-electron chi connectivity index (χ1n) is 12.7. The SMILES string of the molecule is C=S(=O)(NC(=O)c1cnn2ccc(N3C[C@@H](F)C[C@@H]3c3cc(F)cc(OC4CCOCC4)c3)cc12)C(C)C. The van der Waals surface area contributed by atoms with Crippen molar-refractivity contribution in [3.8, 4) is 5.75 Å². The van der Waals surface area contributed by atoms with Crippen LogP contribution < -0.4 is 14.4 Å². The van der Waals surface area contributed by atoms with Gasteiger partial charge in [0.1, 0.15) is 23.8 Å². The van der Waals surface area contributed by atoms with Crippen LogP contribution in [0.2, 0.25) is 0 Å². The molecule has 2 aliphatic heterocycles. The van der Waals surface area contributed by atoms with Gasteiger partial charge in [0.2, 0.25) is 0 Å². The summed E-state index contributed by atoms with van der Waals surface area (Å²) in [6.07, 6.45) is 3.56. The molecule has 0 aliphatic carbocycles. The lowest BCUT2D eigenvalue weighted by Gasteiger charge is -2.28. The maximum atomic E-state index is 14.8. The van der Waals surface area contributed by atoms with Crippen molar-refractivity contribution >= 4 is 32.7 Å².